The van der Waals surface area contributed by atoms with Gasteiger partial charge in [-0.25, -0.2) is 0 Å². The number of carbonyl (C=O) groups excluding carboxylic acids is 3. The van der Waals surface area contributed by atoms with E-state index in [-0.39, 0.29) is 42.5 Å². The minimum absolute atomic E-state index is 0.0750. The number of amides is 3. The minimum Gasteiger partial charge on any atom is -0.380 e. The minimum atomic E-state index is -0.195. The molecule has 156 valence electrons. The smallest absolute Gasteiger partial charge is 0.233 e. The first kappa shape index (κ1) is 23.6. The second kappa shape index (κ2) is 13.7. The average Bonchev–Trinajstić information content (AvgIpc) is 2.93. The first-order valence-electron chi connectivity index (χ1n) is 10.7. The summed E-state index contributed by atoms with van der Waals surface area (Å²) in [6.07, 6.45) is 7.87. The SMILES string of the molecule is CCCCCC(CCC)C1CC(=O)N(CCC(=O)NCCOCCC)C1=O. The molecule has 0 aromatic rings. The molecular formula is C21H38N2O4. The van der Waals surface area contributed by atoms with Gasteiger partial charge in [0.1, 0.15) is 0 Å². The lowest BCUT2D eigenvalue weighted by molar-refractivity contribution is -0.140. The fourth-order valence-electron chi connectivity index (χ4n) is 3.70. The summed E-state index contributed by atoms with van der Waals surface area (Å²) in [5.74, 6) is -0.255. The third-order valence-corrected chi connectivity index (χ3v) is 5.17. The molecule has 6 heteroatoms. The zero-order valence-electron chi connectivity index (χ0n) is 17.4. The summed E-state index contributed by atoms with van der Waals surface area (Å²) in [6, 6.07) is 0. The molecule has 0 spiro atoms. The second-order valence-corrected chi connectivity index (χ2v) is 7.45. The van der Waals surface area contributed by atoms with E-state index < -0.39 is 0 Å². The Labute approximate surface area is 164 Å². The molecule has 0 aromatic carbocycles. The van der Waals surface area contributed by atoms with Gasteiger partial charge in [0.05, 0.1) is 12.5 Å². The van der Waals surface area contributed by atoms with Crippen LogP contribution in [0.5, 0.6) is 0 Å². The molecule has 1 fully saturated rings. The molecule has 0 aliphatic carbocycles. The van der Waals surface area contributed by atoms with Gasteiger partial charge in [-0.05, 0) is 25.2 Å². The van der Waals surface area contributed by atoms with Crippen molar-refractivity contribution >= 4 is 17.7 Å². The van der Waals surface area contributed by atoms with E-state index in [1.165, 1.54) is 11.3 Å². The summed E-state index contributed by atoms with van der Waals surface area (Å²) in [6.45, 7) is 8.14. The number of likely N-dealkylation sites (tertiary alicyclic amines) is 1. The summed E-state index contributed by atoms with van der Waals surface area (Å²) >= 11 is 0. The summed E-state index contributed by atoms with van der Waals surface area (Å²) in [4.78, 5) is 38.3. The van der Waals surface area contributed by atoms with E-state index in [1.807, 2.05) is 6.92 Å². The molecule has 1 heterocycles. The highest BCUT2D eigenvalue weighted by atomic mass is 16.5. The van der Waals surface area contributed by atoms with Crippen molar-refractivity contribution in [3.63, 3.8) is 0 Å². The van der Waals surface area contributed by atoms with Gasteiger partial charge in [0.25, 0.3) is 0 Å². The van der Waals surface area contributed by atoms with Crippen molar-refractivity contribution in [3.05, 3.63) is 0 Å². The van der Waals surface area contributed by atoms with Gasteiger partial charge in [-0.15, -0.1) is 0 Å². The normalized spacial score (nSPS) is 18.2. The van der Waals surface area contributed by atoms with Crippen molar-refractivity contribution in [2.75, 3.05) is 26.3 Å². The van der Waals surface area contributed by atoms with E-state index in [4.69, 9.17) is 4.74 Å². The lowest BCUT2D eigenvalue weighted by Gasteiger charge is -2.22. The van der Waals surface area contributed by atoms with Crippen LogP contribution in [-0.4, -0.2) is 48.9 Å². The van der Waals surface area contributed by atoms with Crippen molar-refractivity contribution in [2.24, 2.45) is 11.8 Å². The van der Waals surface area contributed by atoms with Crippen molar-refractivity contribution in [2.45, 2.75) is 78.6 Å². The average molecular weight is 383 g/mol. The van der Waals surface area contributed by atoms with Crippen LogP contribution in [0.2, 0.25) is 0 Å². The number of imide groups is 1. The maximum atomic E-state index is 12.8. The standard InChI is InChI=1S/C21H38N2O4/c1-4-7-8-10-17(9-5-2)18-16-20(25)23(21(18)26)13-11-19(24)22-12-15-27-14-6-3/h17-18H,4-16H2,1-3H3,(H,22,24). The molecule has 0 aromatic heterocycles. The number of hydrogen-bond donors (Lipinski definition) is 1. The Morgan fingerprint density at radius 1 is 1.11 bits per heavy atom. The van der Waals surface area contributed by atoms with Gasteiger partial charge in [-0.1, -0.05) is 46.5 Å². The van der Waals surface area contributed by atoms with E-state index in [0.717, 1.165) is 38.5 Å². The molecule has 1 rings (SSSR count). The molecule has 0 saturated carbocycles. The first-order valence-corrected chi connectivity index (χ1v) is 10.7. The first-order chi connectivity index (χ1) is 13.0. The van der Waals surface area contributed by atoms with Crippen LogP contribution in [0.4, 0.5) is 0 Å². The van der Waals surface area contributed by atoms with Crippen LogP contribution in [0.15, 0.2) is 0 Å². The Balaban J connectivity index is 2.44. The summed E-state index contributed by atoms with van der Waals surface area (Å²) in [5.41, 5.74) is 0. The zero-order valence-corrected chi connectivity index (χ0v) is 17.4. The highest BCUT2D eigenvalue weighted by Gasteiger charge is 2.41. The second-order valence-electron chi connectivity index (χ2n) is 7.45. The van der Waals surface area contributed by atoms with Gasteiger partial charge >= 0.3 is 0 Å². The maximum Gasteiger partial charge on any atom is 0.233 e. The summed E-state index contributed by atoms with van der Waals surface area (Å²) in [5, 5.41) is 2.77. The molecule has 6 nitrogen and oxygen atoms in total. The Kier molecular flexibility index (Phi) is 12.0. The molecule has 2 atom stereocenters. The highest BCUT2D eigenvalue weighted by Crippen LogP contribution is 2.33. The Morgan fingerprint density at radius 3 is 2.56 bits per heavy atom. The van der Waals surface area contributed by atoms with E-state index in [9.17, 15) is 14.4 Å². The maximum absolute atomic E-state index is 12.8. The predicted molar refractivity (Wildman–Crippen MR) is 106 cm³/mol. The van der Waals surface area contributed by atoms with Gasteiger partial charge in [0.2, 0.25) is 17.7 Å². The van der Waals surface area contributed by atoms with Gasteiger partial charge in [0.15, 0.2) is 0 Å². The van der Waals surface area contributed by atoms with Crippen LogP contribution >= 0.6 is 0 Å². The summed E-state index contributed by atoms with van der Waals surface area (Å²) in [7, 11) is 0. The van der Waals surface area contributed by atoms with Gasteiger partial charge in [0, 0.05) is 32.5 Å². The van der Waals surface area contributed by atoms with Crippen LogP contribution < -0.4 is 5.32 Å². The van der Waals surface area contributed by atoms with E-state index in [1.54, 1.807) is 0 Å². The van der Waals surface area contributed by atoms with Crippen molar-refractivity contribution in [3.8, 4) is 0 Å². The Bertz CT molecular complexity index is 467. The number of carbonyl (C=O) groups is 3. The van der Waals surface area contributed by atoms with Crippen LogP contribution in [-0.2, 0) is 19.1 Å². The molecule has 2 unspecified atom stereocenters. The number of hydrogen-bond acceptors (Lipinski definition) is 4. The third-order valence-electron chi connectivity index (χ3n) is 5.17. The van der Waals surface area contributed by atoms with Crippen LogP contribution in [0.25, 0.3) is 0 Å². The van der Waals surface area contributed by atoms with Crippen molar-refractivity contribution in [1.82, 2.24) is 10.2 Å². The van der Waals surface area contributed by atoms with Crippen LogP contribution in [0.1, 0.15) is 78.6 Å². The summed E-state index contributed by atoms with van der Waals surface area (Å²) < 4.78 is 5.32. The van der Waals surface area contributed by atoms with E-state index in [2.05, 4.69) is 19.2 Å². The van der Waals surface area contributed by atoms with Crippen LogP contribution in [0, 0.1) is 11.8 Å². The topological polar surface area (TPSA) is 75.7 Å². The molecule has 0 bridgehead atoms. The molecule has 1 saturated heterocycles. The Hall–Kier alpha value is -1.43. The van der Waals surface area contributed by atoms with Gasteiger partial charge in [-0.2, -0.15) is 0 Å². The number of unbranched alkanes of at least 4 members (excludes halogenated alkanes) is 2. The fourth-order valence-corrected chi connectivity index (χ4v) is 3.70. The fraction of sp³-hybridized carbons (Fsp3) is 0.857. The predicted octanol–water partition coefficient (Wildman–Crippen LogP) is 3.29. The molecule has 1 N–H and O–H groups in total. The van der Waals surface area contributed by atoms with Gasteiger partial charge in [-0.3, -0.25) is 19.3 Å². The largest absolute Gasteiger partial charge is 0.380 e. The molecule has 1 aliphatic heterocycles. The molecule has 27 heavy (non-hydrogen) atoms. The highest BCUT2D eigenvalue weighted by molar-refractivity contribution is 6.03. The van der Waals surface area contributed by atoms with Gasteiger partial charge < -0.3 is 10.1 Å². The van der Waals surface area contributed by atoms with Crippen molar-refractivity contribution in [1.29, 1.82) is 0 Å². The van der Waals surface area contributed by atoms with Crippen molar-refractivity contribution < 1.29 is 19.1 Å². The molecule has 0 radical (unpaired) electrons. The quantitative estimate of drug-likeness (QED) is 0.348. The van der Waals surface area contributed by atoms with Crippen LogP contribution in [0.3, 0.4) is 0 Å². The number of rotatable bonds is 15. The lowest BCUT2D eigenvalue weighted by atomic mass is 9.83. The number of ether oxygens (including phenoxy) is 1. The number of nitrogens with one attached hydrogen (secondary N) is 1. The van der Waals surface area contributed by atoms with E-state index >= 15 is 0 Å². The van der Waals surface area contributed by atoms with E-state index in [0.29, 0.717) is 26.2 Å². The monoisotopic (exact) mass is 382 g/mol. The lowest BCUT2D eigenvalue weighted by Crippen LogP contribution is -2.36. The zero-order chi connectivity index (χ0) is 20.1. The number of nitrogens with zero attached hydrogens (tertiary/aromatic N) is 1. The third kappa shape index (κ3) is 8.41. The molecular weight excluding hydrogens is 344 g/mol. The molecule has 1 aliphatic rings. The molecule has 3 amide bonds. The Morgan fingerprint density at radius 2 is 1.89 bits per heavy atom.